The van der Waals surface area contributed by atoms with Gasteiger partial charge in [0.05, 0.1) is 12.5 Å². The molecule has 4 N–H and O–H groups in total. The van der Waals surface area contributed by atoms with Crippen molar-refractivity contribution in [3.63, 3.8) is 0 Å². The molecule has 2 unspecified atom stereocenters. The van der Waals surface area contributed by atoms with Crippen molar-refractivity contribution in [3.8, 4) is 0 Å². The Morgan fingerprint density at radius 1 is 1.38 bits per heavy atom. The molecule has 7 heteroatoms. The van der Waals surface area contributed by atoms with Gasteiger partial charge in [0.15, 0.2) is 0 Å². The van der Waals surface area contributed by atoms with Crippen LogP contribution in [0.1, 0.15) is 38.2 Å². The van der Waals surface area contributed by atoms with E-state index in [4.69, 9.17) is 5.73 Å². The third-order valence-corrected chi connectivity index (χ3v) is 4.96. The lowest BCUT2D eigenvalue weighted by molar-refractivity contribution is -0.130. The first-order chi connectivity index (χ1) is 10.8. The highest BCUT2D eigenvalue weighted by Crippen LogP contribution is 2.31. The number of nitrogens with two attached hydrogens (primary N) is 1. The number of anilines is 1. The molecular weight excluding hydrogens is 394 g/mol. The highest BCUT2D eigenvalue weighted by Gasteiger charge is 2.37. The standard InChI is InChI=1S/C17H24BrN3O2.ClH/c1-11-6-7-12(18)9-14(11)21-15(22)10-20-16(23)13-5-3-4-8-17(13,2)19;/h6-7,9,13H,3-5,8,10,19H2,1-2H3,(H,20,23)(H,21,22);1H. The molecule has 1 aliphatic carbocycles. The Morgan fingerprint density at radius 3 is 2.75 bits per heavy atom. The molecule has 5 nitrogen and oxygen atoms in total. The van der Waals surface area contributed by atoms with Crippen LogP contribution in [0, 0.1) is 12.8 Å². The molecule has 2 atom stereocenters. The summed E-state index contributed by atoms with van der Waals surface area (Å²) >= 11 is 3.38. The van der Waals surface area contributed by atoms with E-state index in [2.05, 4.69) is 26.6 Å². The van der Waals surface area contributed by atoms with Gasteiger partial charge in [-0.2, -0.15) is 0 Å². The second kappa shape index (κ2) is 8.83. The van der Waals surface area contributed by atoms with Gasteiger partial charge in [-0.05, 0) is 44.4 Å². The van der Waals surface area contributed by atoms with Gasteiger partial charge in [-0.15, -0.1) is 12.4 Å². The van der Waals surface area contributed by atoms with Crippen LogP contribution in [0.4, 0.5) is 5.69 Å². The van der Waals surface area contributed by atoms with Gasteiger partial charge in [-0.25, -0.2) is 0 Å². The van der Waals surface area contributed by atoms with E-state index in [1.807, 2.05) is 32.0 Å². The third-order valence-electron chi connectivity index (χ3n) is 4.47. The summed E-state index contributed by atoms with van der Waals surface area (Å²) in [7, 11) is 0. The Morgan fingerprint density at radius 2 is 2.08 bits per heavy atom. The summed E-state index contributed by atoms with van der Waals surface area (Å²) < 4.78 is 0.892. The van der Waals surface area contributed by atoms with Crippen LogP contribution in [0.25, 0.3) is 0 Å². The molecule has 1 aromatic carbocycles. The Balaban J connectivity index is 0.00000288. The number of hydrogen-bond acceptors (Lipinski definition) is 3. The zero-order valence-corrected chi connectivity index (χ0v) is 16.4. The van der Waals surface area contributed by atoms with Gasteiger partial charge >= 0.3 is 0 Å². The average Bonchev–Trinajstić information content (AvgIpc) is 2.48. The van der Waals surface area contributed by atoms with Crippen LogP contribution in [0.2, 0.25) is 0 Å². The fourth-order valence-electron chi connectivity index (χ4n) is 3.00. The van der Waals surface area contributed by atoms with Crippen LogP contribution >= 0.6 is 28.3 Å². The summed E-state index contributed by atoms with van der Waals surface area (Å²) in [5.74, 6) is -0.596. The van der Waals surface area contributed by atoms with Crippen molar-refractivity contribution in [1.82, 2.24) is 5.32 Å². The molecule has 1 aliphatic rings. The van der Waals surface area contributed by atoms with Crippen molar-refractivity contribution in [2.75, 3.05) is 11.9 Å². The molecule has 0 aliphatic heterocycles. The van der Waals surface area contributed by atoms with E-state index in [-0.39, 0.29) is 36.7 Å². The number of carbonyl (C=O) groups is 2. The highest BCUT2D eigenvalue weighted by molar-refractivity contribution is 9.10. The lowest BCUT2D eigenvalue weighted by Crippen LogP contribution is -2.53. The normalized spacial score (nSPS) is 23.1. The second-order valence-electron chi connectivity index (χ2n) is 6.53. The van der Waals surface area contributed by atoms with Crippen molar-refractivity contribution < 1.29 is 9.59 Å². The second-order valence-corrected chi connectivity index (χ2v) is 7.45. The molecule has 0 bridgehead atoms. The SMILES string of the molecule is Cc1ccc(Br)cc1NC(=O)CNC(=O)C1CCCCC1(C)N.Cl. The molecular formula is C17H25BrClN3O2. The predicted molar refractivity (Wildman–Crippen MR) is 102 cm³/mol. The minimum atomic E-state index is -0.486. The number of halogens is 2. The summed E-state index contributed by atoms with van der Waals surface area (Å²) in [4.78, 5) is 24.4. The first-order valence-electron chi connectivity index (χ1n) is 7.92. The van der Waals surface area contributed by atoms with Gasteiger partial charge < -0.3 is 16.4 Å². The van der Waals surface area contributed by atoms with Crippen LogP contribution in [0.3, 0.4) is 0 Å². The number of nitrogens with one attached hydrogen (secondary N) is 2. The molecule has 0 aromatic heterocycles. The Bertz CT molecular complexity index is 607. The molecule has 0 radical (unpaired) electrons. The molecule has 0 heterocycles. The van der Waals surface area contributed by atoms with E-state index in [1.165, 1.54) is 0 Å². The largest absolute Gasteiger partial charge is 0.347 e. The van der Waals surface area contributed by atoms with E-state index >= 15 is 0 Å². The molecule has 1 fully saturated rings. The minimum Gasteiger partial charge on any atom is -0.347 e. The van der Waals surface area contributed by atoms with Crippen molar-refractivity contribution in [2.45, 2.75) is 45.1 Å². The quantitative estimate of drug-likeness (QED) is 0.702. The third kappa shape index (κ3) is 5.46. The topological polar surface area (TPSA) is 84.2 Å². The van der Waals surface area contributed by atoms with Gasteiger partial charge in [0.1, 0.15) is 0 Å². The van der Waals surface area contributed by atoms with Crippen molar-refractivity contribution in [3.05, 3.63) is 28.2 Å². The highest BCUT2D eigenvalue weighted by atomic mass is 79.9. The molecule has 1 aromatic rings. The zero-order chi connectivity index (χ0) is 17.0. The van der Waals surface area contributed by atoms with Crippen molar-refractivity contribution in [2.24, 2.45) is 11.7 Å². The number of carbonyl (C=O) groups excluding carboxylic acids is 2. The first kappa shape index (κ1) is 20.9. The molecule has 0 saturated heterocycles. The van der Waals surface area contributed by atoms with Gasteiger partial charge in [-0.3, -0.25) is 9.59 Å². The minimum absolute atomic E-state index is 0. The van der Waals surface area contributed by atoms with Crippen LogP contribution in [0.15, 0.2) is 22.7 Å². The maximum Gasteiger partial charge on any atom is 0.243 e. The summed E-state index contributed by atoms with van der Waals surface area (Å²) in [6.07, 6.45) is 3.69. The van der Waals surface area contributed by atoms with Crippen molar-refractivity contribution >= 4 is 45.8 Å². The van der Waals surface area contributed by atoms with E-state index in [9.17, 15) is 9.59 Å². The van der Waals surface area contributed by atoms with Crippen LogP contribution in [-0.4, -0.2) is 23.9 Å². The molecule has 1 saturated carbocycles. The van der Waals surface area contributed by atoms with Gasteiger partial charge in [-0.1, -0.05) is 34.8 Å². The lowest BCUT2D eigenvalue weighted by Gasteiger charge is -2.37. The van der Waals surface area contributed by atoms with Crippen molar-refractivity contribution in [1.29, 1.82) is 0 Å². The van der Waals surface area contributed by atoms with Crippen LogP contribution in [0.5, 0.6) is 0 Å². The van der Waals surface area contributed by atoms with Gasteiger partial charge in [0.25, 0.3) is 0 Å². The molecule has 134 valence electrons. The number of amides is 2. The van der Waals surface area contributed by atoms with Gasteiger partial charge in [0, 0.05) is 15.7 Å². The lowest BCUT2D eigenvalue weighted by atomic mass is 9.74. The molecule has 2 amide bonds. The summed E-state index contributed by atoms with van der Waals surface area (Å²) in [5.41, 5.74) is 7.44. The van der Waals surface area contributed by atoms with Gasteiger partial charge in [0.2, 0.25) is 11.8 Å². The van der Waals surface area contributed by atoms with E-state index in [1.54, 1.807) is 0 Å². The van der Waals surface area contributed by atoms with E-state index < -0.39 is 5.54 Å². The number of rotatable bonds is 4. The fourth-order valence-corrected chi connectivity index (χ4v) is 3.36. The van der Waals surface area contributed by atoms with Crippen LogP contribution in [-0.2, 0) is 9.59 Å². The Hall–Kier alpha value is -1.11. The maximum atomic E-state index is 12.3. The Labute approximate surface area is 157 Å². The average molecular weight is 419 g/mol. The fraction of sp³-hybridized carbons (Fsp3) is 0.529. The van der Waals surface area contributed by atoms with E-state index in [0.717, 1.165) is 41.4 Å². The van der Waals surface area contributed by atoms with Crippen LogP contribution < -0.4 is 16.4 Å². The zero-order valence-electron chi connectivity index (χ0n) is 14.0. The smallest absolute Gasteiger partial charge is 0.243 e. The van der Waals surface area contributed by atoms with E-state index in [0.29, 0.717) is 0 Å². The predicted octanol–water partition coefficient (Wildman–Crippen LogP) is 3.14. The number of hydrogen-bond donors (Lipinski definition) is 3. The summed E-state index contributed by atoms with van der Waals surface area (Å²) in [6.45, 7) is 3.79. The molecule has 0 spiro atoms. The summed E-state index contributed by atoms with van der Waals surface area (Å²) in [5, 5.41) is 5.53. The monoisotopic (exact) mass is 417 g/mol. The number of benzene rings is 1. The molecule has 24 heavy (non-hydrogen) atoms. The summed E-state index contributed by atoms with van der Waals surface area (Å²) in [6, 6.07) is 5.67. The number of aryl methyl sites for hydroxylation is 1. The Kier molecular flexibility index (Phi) is 7.70. The maximum absolute atomic E-state index is 12.3. The first-order valence-corrected chi connectivity index (χ1v) is 8.71. The molecule has 2 rings (SSSR count).